The van der Waals surface area contributed by atoms with Crippen LogP contribution < -0.4 is 0 Å². The van der Waals surface area contributed by atoms with Crippen molar-refractivity contribution in [3.8, 4) is 12.3 Å². The monoisotopic (exact) mass is 250 g/mol. The Morgan fingerprint density at radius 2 is 1.84 bits per heavy atom. The van der Waals surface area contributed by atoms with Gasteiger partial charge in [0.15, 0.2) is 0 Å². The smallest absolute Gasteiger partial charge is 0.0321 e. The first kappa shape index (κ1) is 13.7. The predicted molar refractivity (Wildman–Crippen MR) is 84.3 cm³/mol. The molecular formula is C19H22. The Bertz CT molecular complexity index is 572. The van der Waals surface area contributed by atoms with Crippen molar-refractivity contribution in [3.05, 3.63) is 47.5 Å². The van der Waals surface area contributed by atoms with E-state index in [9.17, 15) is 0 Å². The number of terminal acetylenes is 1. The van der Waals surface area contributed by atoms with Crippen LogP contribution in [0.15, 0.2) is 36.4 Å². The fourth-order valence-electron chi connectivity index (χ4n) is 2.55. The SMILES string of the molecule is C#Cc1cccc2cc(CCCCCCC)ccc12. The Kier molecular flexibility index (Phi) is 5.04. The molecule has 2 aromatic carbocycles. The molecule has 2 aromatic rings. The number of hydrogen-bond donors (Lipinski definition) is 0. The van der Waals surface area contributed by atoms with Crippen LogP contribution in [0.2, 0.25) is 0 Å². The van der Waals surface area contributed by atoms with Crippen LogP contribution in [0.25, 0.3) is 10.8 Å². The zero-order valence-corrected chi connectivity index (χ0v) is 11.8. The maximum Gasteiger partial charge on any atom is 0.0321 e. The van der Waals surface area contributed by atoms with Crippen molar-refractivity contribution < 1.29 is 0 Å². The Hall–Kier alpha value is -1.74. The molecule has 0 fully saturated rings. The lowest BCUT2D eigenvalue weighted by Crippen LogP contribution is -1.87. The minimum absolute atomic E-state index is 0.993. The third kappa shape index (κ3) is 3.61. The fraction of sp³-hybridized carbons (Fsp3) is 0.368. The minimum Gasteiger partial charge on any atom is -0.115 e. The van der Waals surface area contributed by atoms with Gasteiger partial charge in [-0.15, -0.1) is 6.42 Å². The van der Waals surface area contributed by atoms with E-state index in [0.29, 0.717) is 0 Å². The summed E-state index contributed by atoms with van der Waals surface area (Å²) in [6.45, 7) is 2.26. The highest BCUT2D eigenvalue weighted by molar-refractivity contribution is 5.88. The first-order valence-electron chi connectivity index (χ1n) is 7.33. The van der Waals surface area contributed by atoms with Gasteiger partial charge in [-0.1, -0.05) is 68.9 Å². The summed E-state index contributed by atoms with van der Waals surface area (Å²) in [7, 11) is 0. The average molecular weight is 250 g/mol. The van der Waals surface area contributed by atoms with Crippen molar-refractivity contribution in [3.63, 3.8) is 0 Å². The molecule has 0 atom stereocenters. The average Bonchev–Trinajstić information content (AvgIpc) is 2.46. The van der Waals surface area contributed by atoms with E-state index in [1.165, 1.54) is 54.9 Å². The molecular weight excluding hydrogens is 228 g/mol. The van der Waals surface area contributed by atoms with E-state index >= 15 is 0 Å². The Morgan fingerprint density at radius 1 is 1.00 bits per heavy atom. The molecule has 2 rings (SSSR count). The zero-order valence-electron chi connectivity index (χ0n) is 11.8. The fourth-order valence-corrected chi connectivity index (χ4v) is 2.55. The normalized spacial score (nSPS) is 10.5. The van der Waals surface area contributed by atoms with E-state index < -0.39 is 0 Å². The van der Waals surface area contributed by atoms with Crippen LogP contribution in [-0.2, 0) is 6.42 Å². The van der Waals surface area contributed by atoms with Crippen LogP contribution in [0.3, 0.4) is 0 Å². The lowest BCUT2D eigenvalue weighted by Gasteiger charge is -2.05. The number of rotatable bonds is 6. The lowest BCUT2D eigenvalue weighted by atomic mass is 9.99. The topological polar surface area (TPSA) is 0 Å². The third-order valence-electron chi connectivity index (χ3n) is 3.67. The summed E-state index contributed by atoms with van der Waals surface area (Å²) in [6.07, 6.45) is 13.4. The first-order chi connectivity index (χ1) is 9.35. The van der Waals surface area contributed by atoms with Gasteiger partial charge in [0.2, 0.25) is 0 Å². The molecule has 0 aliphatic carbocycles. The molecule has 0 saturated carbocycles. The molecule has 0 radical (unpaired) electrons. The van der Waals surface area contributed by atoms with Crippen LogP contribution in [-0.4, -0.2) is 0 Å². The summed E-state index contributed by atoms with van der Waals surface area (Å²) in [5.41, 5.74) is 2.42. The summed E-state index contributed by atoms with van der Waals surface area (Å²) in [5.74, 6) is 2.76. The number of benzene rings is 2. The largest absolute Gasteiger partial charge is 0.115 e. The van der Waals surface area contributed by atoms with Gasteiger partial charge in [-0.05, 0) is 35.2 Å². The molecule has 0 amide bonds. The Balaban J connectivity index is 2.04. The van der Waals surface area contributed by atoms with Crippen molar-refractivity contribution in [2.75, 3.05) is 0 Å². The van der Waals surface area contributed by atoms with E-state index in [0.717, 1.165) is 5.56 Å². The van der Waals surface area contributed by atoms with Gasteiger partial charge in [-0.3, -0.25) is 0 Å². The highest BCUT2D eigenvalue weighted by Crippen LogP contribution is 2.21. The standard InChI is InChI=1S/C19H22/c1-3-5-6-7-8-10-16-13-14-19-17(4-2)11-9-12-18(19)15-16/h2,9,11-15H,3,5-8,10H2,1H3. The molecule has 0 N–H and O–H groups in total. The van der Waals surface area contributed by atoms with Crippen molar-refractivity contribution in [1.82, 2.24) is 0 Å². The Labute approximate surface area is 116 Å². The van der Waals surface area contributed by atoms with E-state index in [-0.39, 0.29) is 0 Å². The van der Waals surface area contributed by atoms with Crippen LogP contribution in [0.5, 0.6) is 0 Å². The zero-order chi connectivity index (χ0) is 13.5. The molecule has 0 spiro atoms. The summed E-state index contributed by atoms with van der Waals surface area (Å²) in [4.78, 5) is 0. The summed E-state index contributed by atoms with van der Waals surface area (Å²) in [5, 5.41) is 2.46. The summed E-state index contributed by atoms with van der Waals surface area (Å²) in [6, 6.07) is 12.9. The maximum absolute atomic E-state index is 5.53. The number of aryl methyl sites for hydroxylation is 1. The second kappa shape index (κ2) is 7.00. The van der Waals surface area contributed by atoms with Gasteiger partial charge in [0.1, 0.15) is 0 Å². The third-order valence-corrected chi connectivity index (χ3v) is 3.67. The van der Waals surface area contributed by atoms with Crippen LogP contribution in [0.4, 0.5) is 0 Å². The molecule has 0 heteroatoms. The molecule has 0 unspecified atom stereocenters. The van der Waals surface area contributed by atoms with Crippen molar-refractivity contribution in [1.29, 1.82) is 0 Å². The molecule has 0 nitrogen and oxygen atoms in total. The van der Waals surface area contributed by atoms with Crippen LogP contribution >= 0.6 is 0 Å². The van der Waals surface area contributed by atoms with Gasteiger partial charge in [0, 0.05) is 5.56 Å². The highest BCUT2D eigenvalue weighted by atomic mass is 14.0. The van der Waals surface area contributed by atoms with E-state index in [4.69, 9.17) is 6.42 Å². The van der Waals surface area contributed by atoms with Gasteiger partial charge in [0.05, 0.1) is 0 Å². The van der Waals surface area contributed by atoms with E-state index in [1.54, 1.807) is 0 Å². The molecule has 0 bridgehead atoms. The predicted octanol–water partition coefficient (Wildman–Crippen LogP) is 5.33. The van der Waals surface area contributed by atoms with Gasteiger partial charge in [-0.25, -0.2) is 0 Å². The molecule has 0 aromatic heterocycles. The van der Waals surface area contributed by atoms with Crippen molar-refractivity contribution in [2.24, 2.45) is 0 Å². The van der Waals surface area contributed by atoms with Gasteiger partial charge in [-0.2, -0.15) is 0 Å². The highest BCUT2D eigenvalue weighted by Gasteiger charge is 2.00. The lowest BCUT2D eigenvalue weighted by molar-refractivity contribution is 0.632. The Morgan fingerprint density at radius 3 is 2.63 bits per heavy atom. The first-order valence-corrected chi connectivity index (χ1v) is 7.33. The second-order valence-corrected chi connectivity index (χ2v) is 5.17. The molecule has 98 valence electrons. The molecule has 0 aliphatic heterocycles. The van der Waals surface area contributed by atoms with Crippen LogP contribution in [0, 0.1) is 12.3 Å². The second-order valence-electron chi connectivity index (χ2n) is 5.17. The quantitative estimate of drug-likeness (QED) is 0.480. The number of fused-ring (bicyclic) bond motifs is 1. The molecule has 0 saturated heterocycles. The summed E-state index contributed by atoms with van der Waals surface area (Å²) < 4.78 is 0. The van der Waals surface area contributed by atoms with Crippen molar-refractivity contribution >= 4 is 10.8 Å². The molecule has 0 heterocycles. The van der Waals surface area contributed by atoms with Crippen molar-refractivity contribution in [2.45, 2.75) is 45.4 Å². The minimum atomic E-state index is 0.993. The number of unbranched alkanes of at least 4 members (excludes halogenated alkanes) is 4. The van der Waals surface area contributed by atoms with Gasteiger partial charge in [0.25, 0.3) is 0 Å². The number of hydrogen-bond acceptors (Lipinski definition) is 0. The van der Waals surface area contributed by atoms with E-state index in [1.807, 2.05) is 12.1 Å². The molecule has 19 heavy (non-hydrogen) atoms. The summed E-state index contributed by atoms with van der Waals surface area (Å²) >= 11 is 0. The van der Waals surface area contributed by atoms with Gasteiger partial charge < -0.3 is 0 Å². The van der Waals surface area contributed by atoms with E-state index in [2.05, 4.69) is 37.1 Å². The molecule has 0 aliphatic rings. The van der Waals surface area contributed by atoms with Gasteiger partial charge >= 0.3 is 0 Å². The van der Waals surface area contributed by atoms with Crippen LogP contribution in [0.1, 0.15) is 50.2 Å². The maximum atomic E-state index is 5.53.